The molecule has 0 unspecified atom stereocenters. The lowest BCUT2D eigenvalue weighted by Gasteiger charge is -2.20. The highest BCUT2D eigenvalue weighted by Crippen LogP contribution is 2.31. The Morgan fingerprint density at radius 3 is 2.58 bits per heavy atom. The van der Waals surface area contributed by atoms with Crippen LogP contribution in [0.4, 0.5) is 0 Å². The number of rotatable bonds is 2. The van der Waals surface area contributed by atoms with Crippen molar-refractivity contribution in [1.82, 2.24) is 9.97 Å². The summed E-state index contributed by atoms with van der Waals surface area (Å²) < 4.78 is 0.0910. The molecule has 1 heterocycles. The lowest BCUT2D eigenvalue weighted by atomic mass is 10.1. The SMILES string of the molecule is CSC(C)(C)c1ccnc(C)n1. The maximum Gasteiger partial charge on any atom is 0.125 e. The summed E-state index contributed by atoms with van der Waals surface area (Å²) in [5, 5.41) is 0. The fourth-order valence-electron chi connectivity index (χ4n) is 0.896. The standard InChI is InChI=1S/C9H14N2S/c1-7-10-6-5-8(11-7)9(2,3)12-4/h5-6H,1-4H3. The van der Waals surface area contributed by atoms with Crippen molar-refractivity contribution in [1.29, 1.82) is 0 Å². The lowest BCUT2D eigenvalue weighted by molar-refractivity contribution is 0.736. The van der Waals surface area contributed by atoms with Gasteiger partial charge >= 0.3 is 0 Å². The van der Waals surface area contributed by atoms with Crippen molar-refractivity contribution in [2.45, 2.75) is 25.5 Å². The van der Waals surface area contributed by atoms with Crippen LogP contribution >= 0.6 is 11.8 Å². The molecule has 0 N–H and O–H groups in total. The second-order valence-corrected chi connectivity index (χ2v) is 4.63. The van der Waals surface area contributed by atoms with Gasteiger partial charge in [-0.2, -0.15) is 11.8 Å². The molecular weight excluding hydrogens is 168 g/mol. The van der Waals surface area contributed by atoms with Gasteiger partial charge in [-0.25, -0.2) is 9.97 Å². The van der Waals surface area contributed by atoms with Crippen LogP contribution in [-0.4, -0.2) is 16.2 Å². The molecule has 1 rings (SSSR count). The van der Waals surface area contributed by atoms with Crippen LogP contribution in [0.15, 0.2) is 12.3 Å². The van der Waals surface area contributed by atoms with Gasteiger partial charge in [0.1, 0.15) is 5.82 Å². The molecule has 1 aromatic heterocycles. The second kappa shape index (κ2) is 3.44. The average molecular weight is 182 g/mol. The summed E-state index contributed by atoms with van der Waals surface area (Å²) in [6.45, 7) is 6.25. The number of aromatic nitrogens is 2. The van der Waals surface area contributed by atoms with Crippen molar-refractivity contribution in [3.8, 4) is 0 Å². The summed E-state index contributed by atoms with van der Waals surface area (Å²) in [7, 11) is 0. The molecule has 0 amide bonds. The Bertz CT molecular complexity index is 271. The van der Waals surface area contributed by atoms with E-state index in [0.29, 0.717) is 0 Å². The Balaban J connectivity index is 3.03. The van der Waals surface area contributed by atoms with Gasteiger partial charge in [0, 0.05) is 6.20 Å². The zero-order valence-corrected chi connectivity index (χ0v) is 8.77. The third-order valence-corrected chi connectivity index (χ3v) is 3.13. The van der Waals surface area contributed by atoms with Crippen molar-refractivity contribution < 1.29 is 0 Å². The Labute approximate surface area is 77.8 Å². The van der Waals surface area contributed by atoms with Crippen molar-refractivity contribution in [2.24, 2.45) is 0 Å². The minimum Gasteiger partial charge on any atom is -0.242 e. The van der Waals surface area contributed by atoms with Gasteiger partial charge < -0.3 is 0 Å². The Morgan fingerprint density at radius 1 is 1.42 bits per heavy atom. The van der Waals surface area contributed by atoms with Crippen molar-refractivity contribution in [3.63, 3.8) is 0 Å². The molecule has 2 nitrogen and oxygen atoms in total. The Morgan fingerprint density at radius 2 is 2.08 bits per heavy atom. The molecule has 0 aliphatic carbocycles. The minimum absolute atomic E-state index is 0.0910. The quantitative estimate of drug-likeness (QED) is 0.702. The molecular formula is C9H14N2S. The first-order valence-electron chi connectivity index (χ1n) is 3.91. The monoisotopic (exact) mass is 182 g/mol. The highest BCUT2D eigenvalue weighted by atomic mass is 32.2. The van der Waals surface area contributed by atoms with Crippen LogP contribution in [0, 0.1) is 6.92 Å². The third kappa shape index (κ3) is 1.97. The molecule has 12 heavy (non-hydrogen) atoms. The zero-order chi connectivity index (χ0) is 9.19. The predicted octanol–water partition coefficient (Wildman–Crippen LogP) is 2.38. The number of thioether (sulfide) groups is 1. The van der Waals surface area contributed by atoms with Crippen LogP contribution in [0.2, 0.25) is 0 Å². The maximum atomic E-state index is 4.38. The van der Waals surface area contributed by atoms with Gasteiger partial charge in [0.05, 0.1) is 10.4 Å². The van der Waals surface area contributed by atoms with Gasteiger partial charge in [-0.15, -0.1) is 0 Å². The van der Waals surface area contributed by atoms with Gasteiger partial charge in [-0.1, -0.05) is 0 Å². The molecule has 1 aromatic rings. The van der Waals surface area contributed by atoms with E-state index in [1.807, 2.05) is 19.2 Å². The van der Waals surface area contributed by atoms with E-state index >= 15 is 0 Å². The van der Waals surface area contributed by atoms with Crippen LogP contribution in [-0.2, 0) is 4.75 Å². The fourth-order valence-corrected chi connectivity index (χ4v) is 1.22. The molecule has 0 aliphatic heterocycles. The van der Waals surface area contributed by atoms with Crippen LogP contribution in [0.1, 0.15) is 25.4 Å². The average Bonchev–Trinajstić information content (AvgIpc) is 2.05. The molecule has 0 bridgehead atoms. The van der Waals surface area contributed by atoms with E-state index in [4.69, 9.17) is 0 Å². The van der Waals surface area contributed by atoms with Gasteiger partial charge in [0.2, 0.25) is 0 Å². The molecule has 0 radical (unpaired) electrons. The van der Waals surface area contributed by atoms with Crippen LogP contribution in [0.3, 0.4) is 0 Å². The van der Waals surface area contributed by atoms with Crippen LogP contribution in [0.5, 0.6) is 0 Å². The highest BCUT2D eigenvalue weighted by Gasteiger charge is 2.20. The summed E-state index contributed by atoms with van der Waals surface area (Å²) >= 11 is 1.80. The molecule has 0 saturated carbocycles. The second-order valence-electron chi connectivity index (χ2n) is 3.20. The maximum absolute atomic E-state index is 4.38. The number of aryl methyl sites for hydroxylation is 1. The van der Waals surface area contributed by atoms with Crippen molar-refractivity contribution in [3.05, 3.63) is 23.8 Å². The van der Waals surface area contributed by atoms with Crippen LogP contribution < -0.4 is 0 Å². The number of hydrogen-bond acceptors (Lipinski definition) is 3. The first kappa shape index (κ1) is 9.52. The lowest BCUT2D eigenvalue weighted by Crippen LogP contribution is -2.14. The normalized spacial score (nSPS) is 11.7. The molecule has 0 aliphatic rings. The molecule has 0 aromatic carbocycles. The molecule has 0 atom stereocenters. The third-order valence-electron chi connectivity index (χ3n) is 1.90. The molecule has 0 spiro atoms. The molecule has 0 saturated heterocycles. The largest absolute Gasteiger partial charge is 0.242 e. The predicted molar refractivity (Wildman–Crippen MR) is 53.3 cm³/mol. The molecule has 0 fully saturated rings. The van der Waals surface area contributed by atoms with E-state index < -0.39 is 0 Å². The van der Waals surface area contributed by atoms with Crippen molar-refractivity contribution in [2.75, 3.05) is 6.26 Å². The van der Waals surface area contributed by atoms with Crippen LogP contribution in [0.25, 0.3) is 0 Å². The molecule has 66 valence electrons. The van der Waals surface area contributed by atoms with E-state index in [1.54, 1.807) is 11.8 Å². The minimum atomic E-state index is 0.0910. The van der Waals surface area contributed by atoms with Gasteiger partial charge in [-0.05, 0) is 33.1 Å². The summed E-state index contributed by atoms with van der Waals surface area (Å²) in [4.78, 5) is 8.45. The highest BCUT2D eigenvalue weighted by molar-refractivity contribution is 7.99. The van der Waals surface area contributed by atoms with Gasteiger partial charge in [0.15, 0.2) is 0 Å². The van der Waals surface area contributed by atoms with Gasteiger partial charge in [-0.3, -0.25) is 0 Å². The summed E-state index contributed by atoms with van der Waals surface area (Å²) in [6, 6.07) is 1.98. The smallest absolute Gasteiger partial charge is 0.125 e. The first-order valence-corrected chi connectivity index (χ1v) is 5.14. The first-order chi connectivity index (χ1) is 5.56. The van der Waals surface area contributed by atoms with E-state index in [-0.39, 0.29) is 4.75 Å². The van der Waals surface area contributed by atoms with Gasteiger partial charge in [0.25, 0.3) is 0 Å². The zero-order valence-electron chi connectivity index (χ0n) is 7.96. The van der Waals surface area contributed by atoms with E-state index in [1.165, 1.54) is 0 Å². The Kier molecular flexibility index (Phi) is 2.73. The summed E-state index contributed by atoms with van der Waals surface area (Å²) in [5.41, 5.74) is 1.10. The fraction of sp³-hybridized carbons (Fsp3) is 0.556. The number of hydrogen-bond donors (Lipinski definition) is 0. The summed E-state index contributed by atoms with van der Waals surface area (Å²) in [5.74, 6) is 0.842. The van der Waals surface area contributed by atoms with E-state index in [0.717, 1.165) is 11.5 Å². The van der Waals surface area contributed by atoms with E-state index in [9.17, 15) is 0 Å². The summed E-state index contributed by atoms with van der Waals surface area (Å²) in [6.07, 6.45) is 3.91. The van der Waals surface area contributed by atoms with E-state index in [2.05, 4.69) is 30.1 Å². The topological polar surface area (TPSA) is 25.8 Å². The molecule has 3 heteroatoms. The number of nitrogens with zero attached hydrogens (tertiary/aromatic N) is 2. The Hall–Kier alpha value is -0.570. The van der Waals surface area contributed by atoms with Crippen molar-refractivity contribution >= 4 is 11.8 Å².